The second kappa shape index (κ2) is 6.36. The first-order valence-corrected chi connectivity index (χ1v) is 7.67. The van der Waals surface area contributed by atoms with Crippen LogP contribution in [0.25, 0.3) is 5.65 Å². The molecule has 0 fully saturated rings. The number of aryl methyl sites for hydroxylation is 2. The van der Waals surface area contributed by atoms with Crippen molar-refractivity contribution >= 4 is 11.5 Å². The minimum absolute atomic E-state index is 0.128. The fraction of sp³-hybridized carbons (Fsp3) is 0.294. The number of aliphatic hydroxyl groups is 1. The topological polar surface area (TPSA) is 62.5 Å². The van der Waals surface area contributed by atoms with Crippen LogP contribution in [0.1, 0.15) is 28.6 Å². The number of aromatic nitrogens is 3. The number of rotatable bonds is 4. The zero-order chi connectivity index (χ0) is 18.2. The van der Waals surface area contributed by atoms with Gasteiger partial charge in [-0.15, -0.1) is 0 Å². The molecule has 0 radical (unpaired) electrons. The van der Waals surface area contributed by atoms with E-state index in [2.05, 4.69) is 15.4 Å². The van der Waals surface area contributed by atoms with Gasteiger partial charge in [-0.05, 0) is 31.5 Å². The van der Waals surface area contributed by atoms with E-state index in [1.807, 2.05) is 19.9 Å². The maximum Gasteiger partial charge on any atom is 0.416 e. The number of benzene rings is 1. The molecule has 0 aliphatic carbocycles. The lowest BCUT2D eigenvalue weighted by Gasteiger charge is -2.15. The maximum atomic E-state index is 12.6. The number of aliphatic hydroxyl groups excluding tert-OH is 1. The Balaban J connectivity index is 1.75. The highest BCUT2D eigenvalue weighted by molar-refractivity contribution is 5.50. The number of halogens is 3. The Hall–Kier alpha value is -2.61. The Labute approximate surface area is 142 Å². The van der Waals surface area contributed by atoms with Gasteiger partial charge >= 0.3 is 6.18 Å². The lowest BCUT2D eigenvalue weighted by molar-refractivity contribution is -0.137. The molecular formula is C17H17F3N4O. The van der Waals surface area contributed by atoms with Crippen molar-refractivity contribution < 1.29 is 18.3 Å². The van der Waals surface area contributed by atoms with Crippen molar-refractivity contribution in [3.8, 4) is 0 Å². The SMILES string of the molecule is Cc1cc(NC[C@H](O)c2ccc(C(F)(F)F)cc2)n2nc(C)cc2n1. The molecule has 3 rings (SSSR count). The average Bonchev–Trinajstić information content (AvgIpc) is 2.91. The second-order valence-corrected chi connectivity index (χ2v) is 5.85. The van der Waals surface area contributed by atoms with Crippen LogP contribution in [0.4, 0.5) is 19.0 Å². The summed E-state index contributed by atoms with van der Waals surface area (Å²) in [6.07, 6.45) is -5.35. The summed E-state index contributed by atoms with van der Waals surface area (Å²) in [7, 11) is 0. The molecule has 2 N–H and O–H groups in total. The molecule has 2 aromatic heterocycles. The third-order valence-electron chi connectivity index (χ3n) is 3.78. The van der Waals surface area contributed by atoms with E-state index in [-0.39, 0.29) is 6.54 Å². The predicted octanol–water partition coefficient (Wildman–Crippen LogP) is 3.51. The van der Waals surface area contributed by atoms with Crippen molar-refractivity contribution in [3.05, 3.63) is 58.9 Å². The zero-order valence-electron chi connectivity index (χ0n) is 13.7. The molecule has 1 atom stereocenters. The summed E-state index contributed by atoms with van der Waals surface area (Å²) in [6.45, 7) is 3.83. The molecule has 0 amide bonds. The number of nitrogens with zero attached hydrogens (tertiary/aromatic N) is 3. The minimum atomic E-state index is -4.39. The molecule has 0 bridgehead atoms. The summed E-state index contributed by atoms with van der Waals surface area (Å²) in [4.78, 5) is 4.37. The normalized spacial score (nSPS) is 13.2. The first kappa shape index (κ1) is 17.2. The van der Waals surface area contributed by atoms with Crippen molar-refractivity contribution in [2.24, 2.45) is 0 Å². The average molecular weight is 350 g/mol. The van der Waals surface area contributed by atoms with Crippen molar-refractivity contribution in [2.75, 3.05) is 11.9 Å². The van der Waals surface area contributed by atoms with E-state index in [0.717, 1.165) is 23.5 Å². The van der Waals surface area contributed by atoms with E-state index in [1.165, 1.54) is 12.1 Å². The molecule has 132 valence electrons. The van der Waals surface area contributed by atoms with Gasteiger partial charge in [0.15, 0.2) is 5.65 Å². The highest BCUT2D eigenvalue weighted by Crippen LogP contribution is 2.30. The zero-order valence-corrected chi connectivity index (χ0v) is 13.7. The predicted molar refractivity (Wildman–Crippen MR) is 87.4 cm³/mol. The second-order valence-electron chi connectivity index (χ2n) is 5.85. The Kier molecular flexibility index (Phi) is 4.38. The molecule has 2 heterocycles. The van der Waals surface area contributed by atoms with Crippen molar-refractivity contribution in [1.29, 1.82) is 0 Å². The van der Waals surface area contributed by atoms with Crippen molar-refractivity contribution in [3.63, 3.8) is 0 Å². The molecule has 0 aliphatic heterocycles. The van der Waals surface area contributed by atoms with Crippen LogP contribution in [0.5, 0.6) is 0 Å². The van der Waals surface area contributed by atoms with Gasteiger partial charge in [-0.1, -0.05) is 12.1 Å². The van der Waals surface area contributed by atoms with Gasteiger partial charge in [-0.3, -0.25) is 0 Å². The molecule has 0 aliphatic rings. The number of fused-ring (bicyclic) bond motifs is 1. The minimum Gasteiger partial charge on any atom is -0.387 e. The van der Waals surface area contributed by atoms with Crippen LogP contribution in [0.2, 0.25) is 0 Å². The molecule has 1 aromatic carbocycles. The summed E-state index contributed by atoms with van der Waals surface area (Å²) in [5.41, 5.74) is 1.95. The summed E-state index contributed by atoms with van der Waals surface area (Å²) < 4.78 is 39.4. The number of anilines is 1. The molecule has 0 saturated heterocycles. The molecular weight excluding hydrogens is 333 g/mol. The van der Waals surface area contributed by atoms with Crippen LogP contribution in [0.3, 0.4) is 0 Å². The first-order valence-electron chi connectivity index (χ1n) is 7.67. The molecule has 0 spiro atoms. The van der Waals surface area contributed by atoms with Gasteiger partial charge in [0.05, 0.1) is 17.4 Å². The Morgan fingerprint density at radius 3 is 2.44 bits per heavy atom. The van der Waals surface area contributed by atoms with Gasteiger partial charge in [0.25, 0.3) is 0 Å². The fourth-order valence-electron chi connectivity index (χ4n) is 2.55. The Bertz CT molecular complexity index is 887. The van der Waals surface area contributed by atoms with E-state index in [9.17, 15) is 18.3 Å². The number of hydrogen-bond acceptors (Lipinski definition) is 4. The highest BCUT2D eigenvalue weighted by atomic mass is 19.4. The molecule has 8 heteroatoms. The lowest BCUT2D eigenvalue weighted by Crippen LogP contribution is -2.15. The van der Waals surface area contributed by atoms with E-state index in [0.29, 0.717) is 17.0 Å². The van der Waals surface area contributed by atoms with Crippen molar-refractivity contribution in [1.82, 2.24) is 14.6 Å². The van der Waals surface area contributed by atoms with Gasteiger partial charge in [0.2, 0.25) is 0 Å². The van der Waals surface area contributed by atoms with E-state index in [4.69, 9.17) is 0 Å². The smallest absolute Gasteiger partial charge is 0.387 e. The van der Waals surface area contributed by atoms with Gasteiger partial charge < -0.3 is 10.4 Å². The van der Waals surface area contributed by atoms with Crippen LogP contribution in [-0.2, 0) is 6.18 Å². The maximum absolute atomic E-state index is 12.6. The monoisotopic (exact) mass is 350 g/mol. The Morgan fingerprint density at radius 2 is 1.80 bits per heavy atom. The third kappa shape index (κ3) is 3.74. The molecule has 25 heavy (non-hydrogen) atoms. The molecule has 0 unspecified atom stereocenters. The van der Waals surface area contributed by atoms with Gasteiger partial charge in [0, 0.05) is 24.4 Å². The number of nitrogens with one attached hydrogen (secondary N) is 1. The number of hydrogen-bond donors (Lipinski definition) is 2. The Morgan fingerprint density at radius 1 is 1.12 bits per heavy atom. The summed E-state index contributed by atoms with van der Waals surface area (Å²) in [5.74, 6) is 0.654. The fourth-order valence-corrected chi connectivity index (χ4v) is 2.55. The third-order valence-corrected chi connectivity index (χ3v) is 3.78. The molecule has 3 aromatic rings. The van der Waals surface area contributed by atoms with Crippen LogP contribution < -0.4 is 5.32 Å². The summed E-state index contributed by atoms with van der Waals surface area (Å²) >= 11 is 0. The standard InChI is InChI=1S/C17H17F3N4O/c1-10-7-15(24-16(22-10)8-11(2)23-24)21-9-14(25)12-3-5-13(6-4-12)17(18,19)20/h3-8,14,21,25H,9H2,1-2H3/t14-/m0/s1. The van der Waals surface area contributed by atoms with E-state index < -0.39 is 17.8 Å². The van der Waals surface area contributed by atoms with Crippen molar-refractivity contribution in [2.45, 2.75) is 26.1 Å². The van der Waals surface area contributed by atoms with E-state index in [1.54, 1.807) is 10.6 Å². The van der Waals surface area contributed by atoms with Crippen LogP contribution in [0.15, 0.2) is 36.4 Å². The quantitative estimate of drug-likeness (QED) is 0.756. The van der Waals surface area contributed by atoms with Gasteiger partial charge in [-0.2, -0.15) is 22.8 Å². The van der Waals surface area contributed by atoms with Gasteiger partial charge in [-0.25, -0.2) is 4.98 Å². The lowest BCUT2D eigenvalue weighted by atomic mass is 10.1. The summed E-state index contributed by atoms with van der Waals surface area (Å²) in [6, 6.07) is 8.11. The van der Waals surface area contributed by atoms with Crippen LogP contribution >= 0.6 is 0 Å². The van der Waals surface area contributed by atoms with Gasteiger partial charge in [0.1, 0.15) is 5.82 Å². The summed E-state index contributed by atoms with van der Waals surface area (Å²) in [5, 5.41) is 17.6. The highest BCUT2D eigenvalue weighted by Gasteiger charge is 2.30. The first-order chi connectivity index (χ1) is 11.7. The largest absolute Gasteiger partial charge is 0.416 e. The molecule has 5 nitrogen and oxygen atoms in total. The van der Waals surface area contributed by atoms with E-state index >= 15 is 0 Å². The number of alkyl halides is 3. The van der Waals surface area contributed by atoms with Crippen LogP contribution in [-0.4, -0.2) is 26.2 Å². The molecule has 0 saturated carbocycles. The van der Waals surface area contributed by atoms with Crippen LogP contribution in [0, 0.1) is 13.8 Å².